The van der Waals surface area contributed by atoms with Gasteiger partial charge in [0.15, 0.2) is 0 Å². The fraction of sp³-hybridized carbons (Fsp3) is 0.278. The third-order valence-corrected chi connectivity index (χ3v) is 3.60. The Hall–Kier alpha value is -2.16. The number of carbonyl (C=O) groups is 1. The molecule has 2 rings (SSSR count). The molecule has 0 aliphatic carbocycles. The molecule has 0 saturated carbocycles. The van der Waals surface area contributed by atoms with Gasteiger partial charge in [-0.15, -0.1) is 0 Å². The van der Waals surface area contributed by atoms with Gasteiger partial charge in [-0.2, -0.15) is 0 Å². The van der Waals surface area contributed by atoms with Crippen LogP contribution in [0.25, 0.3) is 0 Å². The smallest absolute Gasteiger partial charge is 0.258 e. The molecule has 110 valence electrons. The second-order valence-corrected chi connectivity index (χ2v) is 5.10. The Morgan fingerprint density at radius 3 is 2.29 bits per heavy atom. The van der Waals surface area contributed by atoms with E-state index in [2.05, 4.69) is 5.32 Å². The molecule has 0 saturated heterocycles. The van der Waals surface area contributed by atoms with Gasteiger partial charge in [0.2, 0.25) is 0 Å². The minimum Gasteiger partial charge on any atom is -0.321 e. The summed E-state index contributed by atoms with van der Waals surface area (Å²) in [5.74, 6) is -0.892. The molecule has 21 heavy (non-hydrogen) atoms. The first-order valence-corrected chi connectivity index (χ1v) is 7.25. The number of nitrogens with one attached hydrogen (secondary N) is 1. The molecule has 0 aliphatic rings. The van der Waals surface area contributed by atoms with Crippen LogP contribution >= 0.6 is 0 Å². The summed E-state index contributed by atoms with van der Waals surface area (Å²) in [7, 11) is 0. The number of aryl methyl sites for hydroxylation is 3. The third-order valence-electron chi connectivity index (χ3n) is 3.60. The van der Waals surface area contributed by atoms with Gasteiger partial charge >= 0.3 is 0 Å². The van der Waals surface area contributed by atoms with Gasteiger partial charge in [-0.1, -0.05) is 43.7 Å². The first-order chi connectivity index (χ1) is 10.1. The van der Waals surface area contributed by atoms with Crippen molar-refractivity contribution in [3.8, 4) is 0 Å². The van der Waals surface area contributed by atoms with Gasteiger partial charge < -0.3 is 5.32 Å². The molecule has 3 heteroatoms. The van der Waals surface area contributed by atoms with Gasteiger partial charge in [0, 0.05) is 5.69 Å². The summed E-state index contributed by atoms with van der Waals surface area (Å²) in [6.45, 7) is 5.92. The SMILES string of the molecule is CCc1cccc(CC)c1NC(=O)c1cc(C)ccc1F. The van der Waals surface area contributed by atoms with Crippen LogP contribution in [0.3, 0.4) is 0 Å². The Kier molecular flexibility index (Phi) is 4.73. The van der Waals surface area contributed by atoms with Crippen molar-refractivity contribution in [2.24, 2.45) is 0 Å². The van der Waals surface area contributed by atoms with E-state index in [1.807, 2.05) is 39.0 Å². The largest absolute Gasteiger partial charge is 0.321 e. The van der Waals surface area contributed by atoms with Crippen LogP contribution in [0.4, 0.5) is 10.1 Å². The van der Waals surface area contributed by atoms with E-state index < -0.39 is 11.7 Å². The zero-order valence-corrected chi connectivity index (χ0v) is 12.7. The Balaban J connectivity index is 2.38. The summed E-state index contributed by atoms with van der Waals surface area (Å²) in [5.41, 5.74) is 3.89. The number of hydrogen-bond acceptors (Lipinski definition) is 1. The lowest BCUT2D eigenvalue weighted by atomic mass is 10.0. The molecule has 0 aromatic heterocycles. The molecule has 0 fully saturated rings. The van der Waals surface area contributed by atoms with E-state index in [0.29, 0.717) is 0 Å². The second-order valence-electron chi connectivity index (χ2n) is 5.10. The lowest BCUT2D eigenvalue weighted by Crippen LogP contribution is -2.16. The monoisotopic (exact) mass is 285 g/mol. The first kappa shape index (κ1) is 15.2. The predicted octanol–water partition coefficient (Wildman–Crippen LogP) is 4.51. The van der Waals surface area contributed by atoms with Crippen molar-refractivity contribution in [1.29, 1.82) is 0 Å². The molecule has 0 aliphatic heterocycles. The Morgan fingerprint density at radius 1 is 1.10 bits per heavy atom. The molecular weight excluding hydrogens is 265 g/mol. The van der Waals surface area contributed by atoms with Crippen LogP contribution in [0.2, 0.25) is 0 Å². The normalized spacial score (nSPS) is 10.5. The van der Waals surface area contributed by atoms with Crippen molar-refractivity contribution in [2.75, 3.05) is 5.32 Å². The molecule has 0 unspecified atom stereocenters. The van der Waals surface area contributed by atoms with Gasteiger partial charge in [0.05, 0.1) is 5.56 Å². The Morgan fingerprint density at radius 2 is 1.71 bits per heavy atom. The standard InChI is InChI=1S/C18H20FNO/c1-4-13-7-6-8-14(5-2)17(13)20-18(21)15-11-12(3)9-10-16(15)19/h6-11H,4-5H2,1-3H3,(H,20,21). The fourth-order valence-corrected chi connectivity index (χ4v) is 2.40. The van der Waals surface area contributed by atoms with Crippen molar-refractivity contribution in [3.05, 3.63) is 64.5 Å². The van der Waals surface area contributed by atoms with E-state index in [0.717, 1.165) is 35.2 Å². The number of halogens is 1. The molecule has 2 nitrogen and oxygen atoms in total. The average Bonchev–Trinajstić information content (AvgIpc) is 2.49. The van der Waals surface area contributed by atoms with Gasteiger partial charge in [0.25, 0.3) is 5.91 Å². The summed E-state index contributed by atoms with van der Waals surface area (Å²) in [5, 5.41) is 2.89. The van der Waals surface area contributed by atoms with Crippen LogP contribution in [0.1, 0.15) is 40.9 Å². The van der Waals surface area contributed by atoms with Crippen LogP contribution in [-0.4, -0.2) is 5.91 Å². The van der Waals surface area contributed by atoms with Crippen LogP contribution < -0.4 is 5.32 Å². The van der Waals surface area contributed by atoms with Gasteiger partial charge in [-0.25, -0.2) is 4.39 Å². The first-order valence-electron chi connectivity index (χ1n) is 7.25. The third kappa shape index (κ3) is 3.30. The summed E-state index contributed by atoms with van der Waals surface area (Å²) >= 11 is 0. The van der Waals surface area contributed by atoms with Crippen molar-refractivity contribution in [1.82, 2.24) is 0 Å². The summed E-state index contributed by atoms with van der Waals surface area (Å²) in [6, 6.07) is 10.5. The van der Waals surface area contributed by atoms with E-state index in [1.165, 1.54) is 6.07 Å². The van der Waals surface area contributed by atoms with Gasteiger partial charge in [-0.05, 0) is 43.0 Å². The van der Waals surface area contributed by atoms with E-state index in [1.54, 1.807) is 12.1 Å². The van der Waals surface area contributed by atoms with E-state index >= 15 is 0 Å². The Bertz CT molecular complexity index is 642. The molecule has 2 aromatic carbocycles. The molecule has 2 aromatic rings. The molecule has 0 bridgehead atoms. The van der Waals surface area contributed by atoms with E-state index in [9.17, 15) is 9.18 Å². The van der Waals surface area contributed by atoms with Crippen molar-refractivity contribution >= 4 is 11.6 Å². The maximum absolute atomic E-state index is 13.8. The van der Waals surface area contributed by atoms with Crippen LogP contribution in [0.5, 0.6) is 0 Å². The zero-order chi connectivity index (χ0) is 15.4. The summed E-state index contributed by atoms with van der Waals surface area (Å²) in [6.07, 6.45) is 1.64. The quantitative estimate of drug-likeness (QED) is 0.879. The van der Waals surface area contributed by atoms with E-state index in [-0.39, 0.29) is 5.56 Å². The highest BCUT2D eigenvalue weighted by Gasteiger charge is 2.15. The Labute approximate surface area is 125 Å². The second kappa shape index (κ2) is 6.53. The molecule has 1 N–H and O–H groups in total. The molecule has 0 heterocycles. The number of anilines is 1. The molecule has 0 spiro atoms. The average molecular weight is 285 g/mol. The van der Waals surface area contributed by atoms with Crippen molar-refractivity contribution in [3.63, 3.8) is 0 Å². The van der Waals surface area contributed by atoms with Crippen LogP contribution in [0, 0.1) is 12.7 Å². The lowest BCUT2D eigenvalue weighted by Gasteiger charge is -2.15. The number of para-hydroxylation sites is 1. The molecule has 0 atom stereocenters. The maximum atomic E-state index is 13.8. The minimum atomic E-state index is -0.495. The molecule has 1 amide bonds. The number of rotatable bonds is 4. The van der Waals surface area contributed by atoms with Gasteiger partial charge in [-0.3, -0.25) is 4.79 Å². The van der Waals surface area contributed by atoms with Crippen LogP contribution in [0.15, 0.2) is 36.4 Å². The zero-order valence-electron chi connectivity index (χ0n) is 12.7. The topological polar surface area (TPSA) is 29.1 Å². The lowest BCUT2D eigenvalue weighted by molar-refractivity contribution is 0.102. The number of hydrogen-bond donors (Lipinski definition) is 1. The highest BCUT2D eigenvalue weighted by molar-refractivity contribution is 6.05. The van der Waals surface area contributed by atoms with Crippen molar-refractivity contribution < 1.29 is 9.18 Å². The highest BCUT2D eigenvalue weighted by Crippen LogP contribution is 2.24. The number of benzene rings is 2. The molecule has 0 radical (unpaired) electrons. The molecular formula is C18H20FNO. The minimum absolute atomic E-state index is 0.0861. The van der Waals surface area contributed by atoms with Crippen molar-refractivity contribution in [2.45, 2.75) is 33.6 Å². The predicted molar refractivity (Wildman–Crippen MR) is 84.3 cm³/mol. The summed E-state index contributed by atoms with van der Waals surface area (Å²) in [4.78, 5) is 12.4. The number of carbonyl (C=O) groups excluding carboxylic acids is 1. The maximum Gasteiger partial charge on any atom is 0.258 e. The van der Waals surface area contributed by atoms with Gasteiger partial charge in [0.1, 0.15) is 5.82 Å². The summed E-state index contributed by atoms with van der Waals surface area (Å²) < 4.78 is 13.8. The van der Waals surface area contributed by atoms with E-state index in [4.69, 9.17) is 0 Å². The fourth-order valence-electron chi connectivity index (χ4n) is 2.40. The number of amides is 1. The van der Waals surface area contributed by atoms with Crippen LogP contribution in [-0.2, 0) is 12.8 Å². The highest BCUT2D eigenvalue weighted by atomic mass is 19.1.